The molecule has 1 amide bonds. The lowest BCUT2D eigenvalue weighted by molar-refractivity contribution is -0.384. The molecule has 0 bridgehead atoms. The van der Waals surface area contributed by atoms with Gasteiger partial charge in [0.05, 0.1) is 10.6 Å². The first-order valence-corrected chi connectivity index (χ1v) is 6.67. The zero-order chi connectivity index (χ0) is 16.7. The van der Waals surface area contributed by atoms with E-state index in [2.05, 4.69) is 15.5 Å². The lowest BCUT2D eigenvalue weighted by atomic mass is 10.2. The summed E-state index contributed by atoms with van der Waals surface area (Å²) < 4.78 is 5.23. The van der Waals surface area contributed by atoms with Crippen LogP contribution in [0.3, 0.4) is 0 Å². The maximum atomic E-state index is 11.7. The van der Waals surface area contributed by atoms with Gasteiger partial charge in [0.1, 0.15) is 5.75 Å². The Balaban J connectivity index is 1.84. The van der Waals surface area contributed by atoms with E-state index in [0.717, 1.165) is 5.56 Å². The lowest BCUT2D eigenvalue weighted by Gasteiger charge is -2.05. The standard InChI is InChI=1S/C15H14N4O4/c1-11(12-6-8-16-9-7-12)17-18-15(20)10-23-14-4-2-13(3-5-14)19(21)22/h2-9H,10H2,1H3,(H,18,20). The zero-order valence-corrected chi connectivity index (χ0v) is 12.3. The van der Waals surface area contributed by atoms with E-state index in [1.807, 2.05) is 0 Å². The Labute approximate surface area is 132 Å². The predicted octanol–water partition coefficient (Wildman–Crippen LogP) is 1.91. The number of nitro benzene ring substituents is 1. The summed E-state index contributed by atoms with van der Waals surface area (Å²) in [6, 6.07) is 9.02. The van der Waals surface area contributed by atoms with Crippen molar-refractivity contribution in [1.82, 2.24) is 10.4 Å². The molecule has 2 rings (SSSR count). The number of pyridine rings is 1. The third-order valence-corrected chi connectivity index (χ3v) is 2.86. The van der Waals surface area contributed by atoms with E-state index in [0.29, 0.717) is 11.5 Å². The second-order valence-electron chi connectivity index (χ2n) is 4.51. The molecule has 118 valence electrons. The fraction of sp³-hybridized carbons (Fsp3) is 0.133. The number of nitrogens with zero attached hydrogens (tertiary/aromatic N) is 3. The number of hydrogen-bond donors (Lipinski definition) is 1. The van der Waals surface area contributed by atoms with E-state index in [4.69, 9.17) is 4.74 Å². The van der Waals surface area contributed by atoms with E-state index in [1.165, 1.54) is 24.3 Å². The second kappa shape index (κ2) is 7.64. The molecule has 0 aliphatic heterocycles. The number of rotatable bonds is 6. The summed E-state index contributed by atoms with van der Waals surface area (Å²) in [6.07, 6.45) is 3.27. The van der Waals surface area contributed by atoms with E-state index < -0.39 is 10.8 Å². The molecule has 0 aliphatic rings. The maximum absolute atomic E-state index is 11.7. The van der Waals surface area contributed by atoms with Gasteiger partial charge in [-0.2, -0.15) is 5.10 Å². The number of nitrogens with one attached hydrogen (secondary N) is 1. The maximum Gasteiger partial charge on any atom is 0.277 e. The summed E-state index contributed by atoms with van der Waals surface area (Å²) in [5.74, 6) is -0.0719. The van der Waals surface area contributed by atoms with Gasteiger partial charge >= 0.3 is 0 Å². The molecule has 1 aromatic heterocycles. The van der Waals surface area contributed by atoms with Crippen molar-refractivity contribution in [2.75, 3.05) is 6.61 Å². The normalized spacial score (nSPS) is 10.9. The molecule has 1 heterocycles. The SMILES string of the molecule is CC(=NNC(=O)COc1ccc([N+](=O)[O-])cc1)c1ccncc1. The molecule has 8 heteroatoms. The van der Waals surface area contributed by atoms with Gasteiger partial charge in [0.15, 0.2) is 6.61 Å². The van der Waals surface area contributed by atoms with Crippen LogP contribution in [0.2, 0.25) is 0 Å². The third-order valence-electron chi connectivity index (χ3n) is 2.86. The number of amides is 1. The van der Waals surface area contributed by atoms with Crippen LogP contribution in [0.15, 0.2) is 53.9 Å². The van der Waals surface area contributed by atoms with Crippen LogP contribution in [0.4, 0.5) is 5.69 Å². The molecule has 0 radical (unpaired) electrons. The van der Waals surface area contributed by atoms with Crippen molar-refractivity contribution in [3.63, 3.8) is 0 Å². The first kappa shape index (κ1) is 16.1. The topological polar surface area (TPSA) is 107 Å². The van der Waals surface area contributed by atoms with Crippen LogP contribution >= 0.6 is 0 Å². The van der Waals surface area contributed by atoms with Gasteiger partial charge in [0.2, 0.25) is 0 Å². The Morgan fingerprint density at radius 3 is 2.52 bits per heavy atom. The van der Waals surface area contributed by atoms with Crippen LogP contribution in [0, 0.1) is 10.1 Å². The molecule has 0 fully saturated rings. The summed E-state index contributed by atoms with van der Waals surface area (Å²) in [6.45, 7) is 1.51. The highest BCUT2D eigenvalue weighted by Crippen LogP contribution is 2.16. The molecule has 8 nitrogen and oxygen atoms in total. The van der Waals surface area contributed by atoms with Crippen LogP contribution in [0.5, 0.6) is 5.75 Å². The van der Waals surface area contributed by atoms with Crippen molar-refractivity contribution in [3.05, 3.63) is 64.5 Å². The Morgan fingerprint density at radius 1 is 1.26 bits per heavy atom. The second-order valence-corrected chi connectivity index (χ2v) is 4.51. The van der Waals surface area contributed by atoms with Crippen molar-refractivity contribution in [2.24, 2.45) is 5.10 Å². The molecule has 1 aromatic carbocycles. The van der Waals surface area contributed by atoms with Gasteiger partial charge in [0.25, 0.3) is 11.6 Å². The zero-order valence-electron chi connectivity index (χ0n) is 12.3. The summed E-state index contributed by atoms with van der Waals surface area (Å²) in [5.41, 5.74) is 3.81. The average Bonchev–Trinajstić information content (AvgIpc) is 2.59. The number of hydrogen-bond acceptors (Lipinski definition) is 6. The summed E-state index contributed by atoms with van der Waals surface area (Å²) in [7, 11) is 0. The summed E-state index contributed by atoms with van der Waals surface area (Å²) in [5, 5.41) is 14.5. The molecular weight excluding hydrogens is 300 g/mol. The van der Waals surface area contributed by atoms with Crippen molar-refractivity contribution < 1.29 is 14.5 Å². The minimum Gasteiger partial charge on any atom is -0.484 e. The molecule has 0 saturated heterocycles. The van der Waals surface area contributed by atoms with Gasteiger partial charge in [-0.25, -0.2) is 5.43 Å². The van der Waals surface area contributed by atoms with Crippen LogP contribution in [-0.2, 0) is 4.79 Å². The fourth-order valence-electron chi connectivity index (χ4n) is 1.65. The van der Waals surface area contributed by atoms with Crippen molar-refractivity contribution in [3.8, 4) is 5.75 Å². The minimum atomic E-state index is -0.507. The Morgan fingerprint density at radius 2 is 1.91 bits per heavy atom. The van der Waals surface area contributed by atoms with E-state index in [1.54, 1.807) is 31.5 Å². The van der Waals surface area contributed by atoms with Crippen LogP contribution in [0.25, 0.3) is 0 Å². The fourth-order valence-corrected chi connectivity index (χ4v) is 1.65. The smallest absolute Gasteiger partial charge is 0.277 e. The van der Waals surface area contributed by atoms with Gasteiger partial charge in [-0.15, -0.1) is 0 Å². The first-order valence-electron chi connectivity index (χ1n) is 6.67. The molecule has 2 aromatic rings. The molecule has 0 atom stereocenters. The number of non-ortho nitro benzene ring substituents is 1. The largest absolute Gasteiger partial charge is 0.484 e. The molecule has 0 aliphatic carbocycles. The van der Waals surface area contributed by atoms with E-state index in [-0.39, 0.29) is 12.3 Å². The Kier molecular flexibility index (Phi) is 5.35. The van der Waals surface area contributed by atoms with E-state index in [9.17, 15) is 14.9 Å². The summed E-state index contributed by atoms with van der Waals surface area (Å²) >= 11 is 0. The molecule has 23 heavy (non-hydrogen) atoms. The van der Waals surface area contributed by atoms with Crippen LogP contribution < -0.4 is 10.2 Å². The Bertz CT molecular complexity index is 714. The molecule has 1 N–H and O–H groups in total. The van der Waals surface area contributed by atoms with Crippen LogP contribution in [-0.4, -0.2) is 28.1 Å². The molecule has 0 unspecified atom stereocenters. The van der Waals surface area contributed by atoms with Crippen molar-refractivity contribution in [2.45, 2.75) is 6.92 Å². The number of benzene rings is 1. The highest BCUT2D eigenvalue weighted by atomic mass is 16.6. The number of nitro groups is 1. The van der Waals surface area contributed by atoms with Crippen LogP contribution in [0.1, 0.15) is 12.5 Å². The quantitative estimate of drug-likeness (QED) is 0.498. The van der Waals surface area contributed by atoms with Gasteiger partial charge in [-0.3, -0.25) is 19.9 Å². The summed E-state index contributed by atoms with van der Waals surface area (Å²) in [4.78, 5) is 25.6. The predicted molar refractivity (Wildman–Crippen MR) is 83.2 cm³/mol. The monoisotopic (exact) mass is 314 g/mol. The number of aromatic nitrogens is 1. The Hall–Kier alpha value is -3.29. The highest BCUT2D eigenvalue weighted by molar-refractivity contribution is 5.99. The minimum absolute atomic E-state index is 0.0422. The van der Waals surface area contributed by atoms with Gasteiger partial charge in [0, 0.05) is 30.1 Å². The van der Waals surface area contributed by atoms with Gasteiger partial charge in [-0.1, -0.05) is 0 Å². The average molecular weight is 314 g/mol. The van der Waals surface area contributed by atoms with Gasteiger partial charge in [-0.05, 0) is 31.2 Å². The number of carbonyl (C=O) groups is 1. The third kappa shape index (κ3) is 4.88. The number of ether oxygens (including phenoxy) is 1. The molecule has 0 saturated carbocycles. The van der Waals surface area contributed by atoms with Crippen molar-refractivity contribution in [1.29, 1.82) is 0 Å². The van der Waals surface area contributed by atoms with Crippen molar-refractivity contribution >= 4 is 17.3 Å². The molecular formula is C15H14N4O4. The first-order chi connectivity index (χ1) is 11.1. The van der Waals surface area contributed by atoms with Gasteiger partial charge < -0.3 is 4.74 Å². The number of carbonyl (C=O) groups excluding carboxylic acids is 1. The van der Waals surface area contributed by atoms with E-state index >= 15 is 0 Å². The molecule has 0 spiro atoms. The lowest BCUT2D eigenvalue weighted by Crippen LogP contribution is -2.25. The number of hydrazone groups is 1. The highest BCUT2D eigenvalue weighted by Gasteiger charge is 2.06.